The lowest BCUT2D eigenvalue weighted by Crippen LogP contribution is -1.98. The summed E-state index contributed by atoms with van der Waals surface area (Å²) in [4.78, 5) is -1.17. The van der Waals surface area contributed by atoms with Gasteiger partial charge in [-0.2, -0.15) is 30.4 Å². The first-order valence-electron chi connectivity index (χ1n) is 14.4. The third-order valence-corrected chi connectivity index (χ3v) is 10.1. The molecule has 6 rings (SSSR count). The molecule has 6 aromatic rings. The van der Waals surface area contributed by atoms with Crippen molar-refractivity contribution in [1.82, 2.24) is 0 Å². The summed E-state index contributed by atoms with van der Waals surface area (Å²) in [6, 6.07) is 22.5. The number of azo groups is 3. The number of rotatable bonds is 9. The fourth-order valence-electron chi connectivity index (χ4n) is 5.01. The van der Waals surface area contributed by atoms with E-state index in [1.54, 1.807) is 18.2 Å². The Balaban J connectivity index is 1.49. The molecule has 6 aromatic carbocycles. The van der Waals surface area contributed by atoms with E-state index in [1.807, 2.05) is 0 Å². The molecule has 52 heavy (non-hydrogen) atoms. The number of phenols is 2. The van der Waals surface area contributed by atoms with Crippen LogP contribution < -0.4 is 0 Å². The van der Waals surface area contributed by atoms with Crippen LogP contribution in [-0.2, 0) is 30.4 Å². The minimum absolute atomic E-state index is 0.0707. The maximum Gasteiger partial charge on any atom is 0.295 e. The fourth-order valence-corrected chi connectivity index (χ4v) is 6.88. The van der Waals surface area contributed by atoms with Gasteiger partial charge in [-0.3, -0.25) is 13.7 Å². The molecular formula is C32H22N6O11S3. The van der Waals surface area contributed by atoms with Gasteiger partial charge in [0.1, 0.15) is 21.2 Å². The van der Waals surface area contributed by atoms with E-state index >= 15 is 0 Å². The zero-order valence-corrected chi connectivity index (χ0v) is 28.4. The van der Waals surface area contributed by atoms with Gasteiger partial charge >= 0.3 is 0 Å². The number of hydrogen-bond donors (Lipinski definition) is 5. The minimum atomic E-state index is -4.61. The Morgan fingerprint density at radius 3 is 1.25 bits per heavy atom. The molecule has 17 nitrogen and oxygen atoms in total. The Hall–Kier alpha value is -6.03. The molecule has 0 heterocycles. The third kappa shape index (κ3) is 7.37. The van der Waals surface area contributed by atoms with Crippen molar-refractivity contribution < 1.29 is 49.1 Å². The van der Waals surface area contributed by atoms with Gasteiger partial charge in [-0.05, 0) is 48.5 Å². The van der Waals surface area contributed by atoms with E-state index in [0.717, 1.165) is 30.3 Å². The molecule has 0 aliphatic rings. The molecule has 0 aromatic heterocycles. The summed E-state index contributed by atoms with van der Waals surface area (Å²) < 4.78 is 99.2. The first-order valence-corrected chi connectivity index (χ1v) is 18.7. The topological polar surface area (TPSA) is 278 Å². The highest BCUT2D eigenvalue weighted by atomic mass is 32.2. The van der Waals surface area contributed by atoms with Crippen LogP contribution in [0.5, 0.6) is 11.5 Å². The third-order valence-electron chi connectivity index (χ3n) is 7.42. The van der Waals surface area contributed by atoms with Crippen LogP contribution in [0.1, 0.15) is 0 Å². The van der Waals surface area contributed by atoms with Gasteiger partial charge in [0, 0.05) is 27.6 Å². The summed E-state index contributed by atoms with van der Waals surface area (Å²) in [5, 5.41) is 47.4. The van der Waals surface area contributed by atoms with Crippen molar-refractivity contribution in [3.05, 3.63) is 103 Å². The van der Waals surface area contributed by atoms with Gasteiger partial charge in [-0.1, -0.05) is 48.5 Å². The van der Waals surface area contributed by atoms with Crippen molar-refractivity contribution in [2.45, 2.75) is 14.7 Å². The normalized spacial score (nSPS) is 12.9. The quantitative estimate of drug-likeness (QED) is 0.0688. The highest BCUT2D eigenvalue weighted by Crippen LogP contribution is 2.50. The van der Waals surface area contributed by atoms with Crippen LogP contribution in [0.15, 0.2) is 149 Å². The minimum Gasteiger partial charge on any atom is -0.504 e. The molecule has 0 fully saturated rings. The van der Waals surface area contributed by atoms with Gasteiger partial charge in [0.25, 0.3) is 30.4 Å². The van der Waals surface area contributed by atoms with E-state index in [0.29, 0.717) is 0 Å². The summed E-state index contributed by atoms with van der Waals surface area (Å²) in [5.41, 5.74) is -0.981. The van der Waals surface area contributed by atoms with Gasteiger partial charge in [-0.25, -0.2) is 0 Å². The van der Waals surface area contributed by atoms with Crippen molar-refractivity contribution in [3.8, 4) is 11.5 Å². The van der Waals surface area contributed by atoms with E-state index in [4.69, 9.17) is 0 Å². The molecule has 264 valence electrons. The lowest BCUT2D eigenvalue weighted by atomic mass is 10.1. The summed E-state index contributed by atoms with van der Waals surface area (Å²) in [6.45, 7) is 0. The van der Waals surface area contributed by atoms with Gasteiger partial charge in [0.15, 0.2) is 17.2 Å². The molecule has 0 radical (unpaired) electrons. The van der Waals surface area contributed by atoms with Gasteiger partial charge < -0.3 is 10.2 Å². The van der Waals surface area contributed by atoms with Crippen molar-refractivity contribution in [3.63, 3.8) is 0 Å². The van der Waals surface area contributed by atoms with Crippen LogP contribution >= 0.6 is 0 Å². The molecule has 0 aliphatic heterocycles. The predicted octanol–water partition coefficient (Wildman–Crippen LogP) is 8.39. The largest absolute Gasteiger partial charge is 0.504 e. The molecule has 5 N–H and O–H groups in total. The monoisotopic (exact) mass is 762 g/mol. The average molecular weight is 763 g/mol. The van der Waals surface area contributed by atoms with Crippen LogP contribution in [0, 0.1) is 0 Å². The predicted molar refractivity (Wildman–Crippen MR) is 186 cm³/mol. The number of benzene rings is 6. The average Bonchev–Trinajstić information content (AvgIpc) is 3.09. The number of nitrogens with zero attached hydrogens (tertiary/aromatic N) is 6. The highest BCUT2D eigenvalue weighted by molar-refractivity contribution is 7.86. The van der Waals surface area contributed by atoms with Crippen LogP contribution in [-0.4, -0.2) is 49.1 Å². The highest BCUT2D eigenvalue weighted by Gasteiger charge is 2.21. The SMILES string of the molecule is O=S(=O)(O)c1ccc(N=Nc2cc(N=Nc3ccc(S(=O)(=O)O)c4ccccc34)c(O)c(N=Nc3ccc(S(=O)(=O)O)c4ccccc34)c2O)cc1. The van der Waals surface area contributed by atoms with Crippen LogP contribution in [0.3, 0.4) is 0 Å². The molecule has 0 bridgehead atoms. The maximum absolute atomic E-state index is 11.9. The van der Waals surface area contributed by atoms with E-state index < -0.39 is 52.4 Å². The molecule has 0 aliphatic carbocycles. The number of fused-ring (bicyclic) bond motifs is 2. The van der Waals surface area contributed by atoms with Crippen molar-refractivity contribution in [1.29, 1.82) is 0 Å². The second-order valence-electron chi connectivity index (χ2n) is 10.7. The maximum atomic E-state index is 11.9. The second kappa shape index (κ2) is 13.6. The van der Waals surface area contributed by atoms with E-state index in [2.05, 4.69) is 30.7 Å². The zero-order valence-electron chi connectivity index (χ0n) is 25.9. The lowest BCUT2D eigenvalue weighted by molar-refractivity contribution is 0.454. The summed E-state index contributed by atoms with van der Waals surface area (Å²) >= 11 is 0. The number of hydrogen-bond acceptors (Lipinski definition) is 14. The van der Waals surface area contributed by atoms with Crippen molar-refractivity contribution in [2.75, 3.05) is 0 Å². The van der Waals surface area contributed by atoms with Crippen LogP contribution in [0.2, 0.25) is 0 Å². The van der Waals surface area contributed by atoms with E-state index in [-0.39, 0.29) is 59.8 Å². The van der Waals surface area contributed by atoms with Gasteiger partial charge in [-0.15, -0.1) is 25.6 Å². The van der Waals surface area contributed by atoms with Crippen molar-refractivity contribution in [2.24, 2.45) is 30.7 Å². The van der Waals surface area contributed by atoms with Gasteiger partial charge in [0.2, 0.25) is 0 Å². The zero-order chi connectivity index (χ0) is 37.4. The van der Waals surface area contributed by atoms with Gasteiger partial charge in [0.05, 0.1) is 22.0 Å². The molecule has 0 amide bonds. The summed E-state index contributed by atoms with van der Waals surface area (Å²) in [7, 11) is -13.7. The van der Waals surface area contributed by atoms with Crippen molar-refractivity contribution >= 4 is 86.0 Å². The first kappa shape index (κ1) is 35.8. The van der Waals surface area contributed by atoms with Crippen LogP contribution in [0.25, 0.3) is 21.5 Å². The Labute approximate surface area is 294 Å². The summed E-state index contributed by atoms with van der Waals surface area (Å²) in [5.74, 6) is -1.50. The molecule has 0 saturated heterocycles. The standard InChI is InChI=1S/C32H22N6O11S3/c39-31-26(36-33-18-9-11-19(12-10-18)50(41,42)43)17-27(37-34-24-13-15-28(51(44,45)46)22-7-3-1-5-20(22)24)32(40)30(31)38-35-25-14-16-29(52(47,48)49)23-8-4-2-6-21(23)25/h1-17,39-40H,(H,41,42,43)(H,44,45,46)(H,47,48,49). The van der Waals surface area contributed by atoms with Crippen LogP contribution in [0.4, 0.5) is 34.1 Å². The van der Waals surface area contributed by atoms with E-state index in [1.165, 1.54) is 54.6 Å². The lowest BCUT2D eigenvalue weighted by Gasteiger charge is -2.09. The number of aromatic hydroxyl groups is 2. The Kier molecular flexibility index (Phi) is 9.36. The first-order chi connectivity index (χ1) is 24.5. The molecule has 0 unspecified atom stereocenters. The fraction of sp³-hybridized carbons (Fsp3) is 0. The number of phenolic OH excluding ortho intramolecular Hbond substituents is 2. The molecular weight excluding hydrogens is 741 g/mol. The molecule has 20 heteroatoms. The van der Waals surface area contributed by atoms with E-state index in [9.17, 15) is 49.1 Å². The molecule has 0 atom stereocenters. The molecule has 0 spiro atoms. The molecule has 0 saturated carbocycles. The smallest absolute Gasteiger partial charge is 0.295 e. The Morgan fingerprint density at radius 1 is 0.404 bits per heavy atom. The summed E-state index contributed by atoms with van der Waals surface area (Å²) in [6.07, 6.45) is 0. The Morgan fingerprint density at radius 2 is 0.808 bits per heavy atom. The Bertz CT molecular complexity index is 2840. The second-order valence-corrected chi connectivity index (χ2v) is 14.9.